The molecule has 0 saturated heterocycles. The van der Waals surface area contributed by atoms with Crippen molar-refractivity contribution in [3.05, 3.63) is 78.3 Å². The summed E-state index contributed by atoms with van der Waals surface area (Å²) in [7, 11) is 1.78. The zero-order valence-electron chi connectivity index (χ0n) is 19.4. The van der Waals surface area contributed by atoms with Crippen molar-refractivity contribution in [3.63, 3.8) is 0 Å². The van der Waals surface area contributed by atoms with Crippen molar-refractivity contribution in [2.75, 3.05) is 0 Å². The minimum atomic E-state index is -0.443. The van der Waals surface area contributed by atoms with Gasteiger partial charge in [0.05, 0.1) is 17.5 Å². The van der Waals surface area contributed by atoms with Gasteiger partial charge >= 0.3 is 0 Å². The number of carbonyl (C=O) groups is 2. The Bertz CT molecular complexity index is 1650. The fourth-order valence-electron chi connectivity index (χ4n) is 4.84. The van der Waals surface area contributed by atoms with Crippen LogP contribution in [-0.2, 0) is 29.7 Å². The number of nitrogens with one attached hydrogen (secondary N) is 1. The van der Waals surface area contributed by atoms with Crippen LogP contribution in [-0.4, -0.2) is 40.7 Å². The summed E-state index contributed by atoms with van der Waals surface area (Å²) in [6.07, 6.45) is 10.1. The number of amides is 2. The van der Waals surface area contributed by atoms with Crippen molar-refractivity contribution in [2.24, 2.45) is 7.05 Å². The van der Waals surface area contributed by atoms with E-state index in [1.165, 1.54) is 0 Å². The van der Waals surface area contributed by atoms with Crippen LogP contribution in [0.5, 0.6) is 0 Å². The molecule has 2 amide bonds. The van der Waals surface area contributed by atoms with Gasteiger partial charge in [-0.1, -0.05) is 12.1 Å². The average Bonchev–Trinajstić information content (AvgIpc) is 3.61. The standard InChI is InChI=1S/C26H23N7O2/c1-16-6-7-17-19(14-33(20(17)13-16)11-4-10-32-12-9-27-15-32)21-22(26(35)29-25(21)34)23-18-5-3-8-28-24(18)31(2)30-23/h3,5-9,12-15H,4,10-11H2,1-2H3,(H,29,34,35). The lowest BCUT2D eigenvalue weighted by atomic mass is 9.97. The summed E-state index contributed by atoms with van der Waals surface area (Å²) >= 11 is 0. The third kappa shape index (κ3) is 3.43. The number of imidazole rings is 1. The Morgan fingerprint density at radius 2 is 1.86 bits per heavy atom. The fourth-order valence-corrected chi connectivity index (χ4v) is 4.84. The Morgan fingerprint density at radius 3 is 2.69 bits per heavy atom. The number of nitrogens with zero attached hydrogens (tertiary/aromatic N) is 6. The lowest BCUT2D eigenvalue weighted by Gasteiger charge is -2.06. The molecule has 0 aliphatic carbocycles. The number of hydrogen-bond acceptors (Lipinski definition) is 5. The Balaban J connectivity index is 1.51. The maximum atomic E-state index is 13.1. The quantitative estimate of drug-likeness (QED) is 0.389. The topological polar surface area (TPSA) is 99.6 Å². The van der Waals surface area contributed by atoms with E-state index in [2.05, 4.69) is 31.0 Å². The normalized spacial score (nSPS) is 14.0. The van der Waals surface area contributed by atoms with Crippen molar-refractivity contribution >= 4 is 44.9 Å². The molecular formula is C26H23N7O2. The Labute approximate surface area is 200 Å². The molecule has 9 heteroatoms. The van der Waals surface area contributed by atoms with Crippen LogP contribution in [0.4, 0.5) is 0 Å². The zero-order chi connectivity index (χ0) is 24.1. The van der Waals surface area contributed by atoms with Gasteiger partial charge in [0.2, 0.25) is 0 Å². The van der Waals surface area contributed by atoms with Crippen LogP contribution < -0.4 is 5.32 Å². The predicted molar refractivity (Wildman–Crippen MR) is 132 cm³/mol. The van der Waals surface area contributed by atoms with Crippen LogP contribution in [0.25, 0.3) is 33.1 Å². The lowest BCUT2D eigenvalue weighted by molar-refractivity contribution is -0.122. The monoisotopic (exact) mass is 465 g/mol. The van der Waals surface area contributed by atoms with E-state index in [1.807, 2.05) is 42.1 Å². The summed E-state index contributed by atoms with van der Waals surface area (Å²) in [6.45, 7) is 3.64. The minimum Gasteiger partial charge on any atom is -0.347 e. The molecule has 0 unspecified atom stereocenters. The second-order valence-electron chi connectivity index (χ2n) is 8.79. The summed E-state index contributed by atoms with van der Waals surface area (Å²) in [5, 5.41) is 8.73. The maximum Gasteiger partial charge on any atom is 0.261 e. The van der Waals surface area contributed by atoms with Gasteiger partial charge < -0.3 is 9.13 Å². The van der Waals surface area contributed by atoms with Crippen molar-refractivity contribution in [3.8, 4) is 0 Å². The Morgan fingerprint density at radius 1 is 1.00 bits per heavy atom. The van der Waals surface area contributed by atoms with Crippen LogP contribution in [0.2, 0.25) is 0 Å². The highest BCUT2D eigenvalue weighted by Gasteiger charge is 2.36. The number of imide groups is 1. The van der Waals surface area contributed by atoms with E-state index in [0.29, 0.717) is 16.9 Å². The summed E-state index contributed by atoms with van der Waals surface area (Å²) in [4.78, 5) is 34.7. The third-order valence-corrected chi connectivity index (χ3v) is 6.45. The number of hydrogen-bond donors (Lipinski definition) is 1. The first-order valence-corrected chi connectivity index (χ1v) is 11.4. The van der Waals surface area contributed by atoms with Crippen LogP contribution in [0.3, 0.4) is 0 Å². The van der Waals surface area contributed by atoms with Gasteiger partial charge in [-0.25, -0.2) is 14.6 Å². The molecule has 1 N–H and O–H groups in total. The summed E-state index contributed by atoms with van der Waals surface area (Å²) < 4.78 is 5.84. The van der Waals surface area contributed by atoms with Crippen molar-refractivity contribution in [1.82, 2.24) is 34.2 Å². The van der Waals surface area contributed by atoms with E-state index in [4.69, 9.17) is 0 Å². The first-order valence-electron chi connectivity index (χ1n) is 11.4. The van der Waals surface area contributed by atoms with Gasteiger partial charge in [-0.05, 0) is 37.1 Å². The molecule has 0 radical (unpaired) electrons. The molecule has 0 atom stereocenters. The van der Waals surface area contributed by atoms with Crippen molar-refractivity contribution < 1.29 is 9.59 Å². The van der Waals surface area contributed by atoms with E-state index in [1.54, 1.807) is 36.5 Å². The number of benzene rings is 1. The molecule has 5 heterocycles. The van der Waals surface area contributed by atoms with E-state index in [-0.39, 0.29) is 5.57 Å². The van der Waals surface area contributed by atoms with Crippen LogP contribution in [0, 0.1) is 6.92 Å². The molecule has 0 bridgehead atoms. The Hall–Kier alpha value is -4.53. The van der Waals surface area contributed by atoms with Gasteiger partial charge in [0, 0.05) is 66.8 Å². The molecule has 5 aromatic rings. The highest BCUT2D eigenvalue weighted by Crippen LogP contribution is 2.37. The molecule has 1 aromatic carbocycles. The zero-order valence-corrected chi connectivity index (χ0v) is 19.4. The number of fused-ring (bicyclic) bond motifs is 2. The van der Waals surface area contributed by atoms with Crippen LogP contribution in [0.15, 0.2) is 61.4 Å². The number of aryl methyl sites for hydroxylation is 4. The molecule has 6 rings (SSSR count). The lowest BCUT2D eigenvalue weighted by Crippen LogP contribution is -2.22. The van der Waals surface area contributed by atoms with E-state index >= 15 is 0 Å². The molecule has 9 nitrogen and oxygen atoms in total. The highest BCUT2D eigenvalue weighted by atomic mass is 16.2. The minimum absolute atomic E-state index is 0.284. The van der Waals surface area contributed by atoms with E-state index in [9.17, 15) is 9.59 Å². The van der Waals surface area contributed by atoms with Gasteiger partial charge in [-0.15, -0.1) is 0 Å². The van der Waals surface area contributed by atoms with E-state index < -0.39 is 11.8 Å². The maximum absolute atomic E-state index is 13.1. The van der Waals surface area contributed by atoms with Gasteiger partial charge in [0.1, 0.15) is 5.69 Å². The second kappa shape index (κ2) is 8.05. The molecule has 1 aliphatic heterocycles. The number of rotatable bonds is 6. The van der Waals surface area contributed by atoms with Crippen LogP contribution >= 0.6 is 0 Å². The molecular weight excluding hydrogens is 442 g/mol. The van der Waals surface area contributed by atoms with Gasteiger partial charge in [0.15, 0.2) is 5.65 Å². The molecule has 174 valence electrons. The highest BCUT2D eigenvalue weighted by molar-refractivity contribution is 6.50. The fraction of sp³-hybridized carbons (Fsp3) is 0.192. The summed E-state index contributed by atoms with van der Waals surface area (Å²) in [6, 6.07) is 9.83. The van der Waals surface area contributed by atoms with Crippen LogP contribution in [0.1, 0.15) is 23.2 Å². The van der Waals surface area contributed by atoms with E-state index in [0.717, 1.165) is 46.9 Å². The Kier molecular flexibility index (Phi) is 4.84. The smallest absolute Gasteiger partial charge is 0.261 e. The third-order valence-electron chi connectivity index (χ3n) is 6.45. The molecule has 0 fully saturated rings. The summed E-state index contributed by atoms with van der Waals surface area (Å²) in [5.41, 5.74) is 4.62. The van der Waals surface area contributed by atoms with Gasteiger partial charge in [0.25, 0.3) is 11.8 Å². The second-order valence-corrected chi connectivity index (χ2v) is 8.79. The average molecular weight is 466 g/mol. The predicted octanol–water partition coefficient (Wildman–Crippen LogP) is 3.09. The van der Waals surface area contributed by atoms with Gasteiger partial charge in [-0.2, -0.15) is 5.10 Å². The van der Waals surface area contributed by atoms with Crippen molar-refractivity contribution in [2.45, 2.75) is 26.4 Å². The number of pyridine rings is 1. The molecule has 1 aliphatic rings. The van der Waals surface area contributed by atoms with Gasteiger partial charge in [-0.3, -0.25) is 14.9 Å². The SMILES string of the molecule is Cc1ccc2c(C3=C(c4nn(C)c5ncccc45)C(=O)NC3=O)cn(CCCn3ccnc3)c2c1. The largest absolute Gasteiger partial charge is 0.347 e. The first kappa shape index (κ1) is 21.0. The molecule has 35 heavy (non-hydrogen) atoms. The number of aromatic nitrogens is 6. The van der Waals surface area contributed by atoms with Crippen molar-refractivity contribution in [1.29, 1.82) is 0 Å². The molecule has 4 aromatic heterocycles. The summed E-state index contributed by atoms with van der Waals surface area (Å²) in [5.74, 6) is -0.854. The first-order chi connectivity index (χ1) is 17.0. The molecule has 0 saturated carbocycles. The number of carbonyl (C=O) groups excluding carboxylic acids is 2. The molecule has 0 spiro atoms.